The van der Waals surface area contributed by atoms with E-state index < -0.39 is 53.6 Å². The third-order valence-corrected chi connectivity index (χ3v) is 4.11. The minimum atomic E-state index is -5.08. The highest BCUT2D eigenvalue weighted by atomic mass is 19.4. The van der Waals surface area contributed by atoms with Gasteiger partial charge in [0.25, 0.3) is 0 Å². The van der Waals surface area contributed by atoms with Crippen LogP contribution in [0.4, 0.5) is 30.7 Å². The number of nitrogens with zero attached hydrogens (tertiary/aromatic N) is 1. The second kappa shape index (κ2) is 8.08. The lowest BCUT2D eigenvalue weighted by Crippen LogP contribution is -2.60. The Morgan fingerprint density at radius 3 is 2.03 bits per heavy atom. The zero-order chi connectivity index (χ0) is 23.7. The standard InChI is InChI=1S/C14H15F4N3O2.C2HF3O2/c1-12(8-5-7(10(19)22)3-4-9(8)15)6-23-13(2,11(20)21-12)14(16,17)18;3-2(4,5)1(6)7/h3-5H,6H2,1-2H3,(H2,19,22)(H2,20,21);(H,6,7)/t12-,13+;/m0./s1. The Labute approximate surface area is 164 Å². The maximum Gasteiger partial charge on any atom is 0.490 e. The molecular weight excluding hydrogens is 431 g/mol. The van der Waals surface area contributed by atoms with Gasteiger partial charge in [0.05, 0.1) is 6.61 Å². The van der Waals surface area contributed by atoms with Gasteiger partial charge in [-0.15, -0.1) is 0 Å². The smallest absolute Gasteiger partial charge is 0.475 e. The van der Waals surface area contributed by atoms with E-state index in [1.165, 1.54) is 13.0 Å². The molecule has 1 aromatic carbocycles. The minimum absolute atomic E-state index is 0.000512. The molecule has 2 rings (SSSR count). The average molecular weight is 447 g/mol. The zero-order valence-electron chi connectivity index (χ0n) is 15.4. The van der Waals surface area contributed by atoms with Crippen molar-refractivity contribution in [3.63, 3.8) is 0 Å². The van der Waals surface area contributed by atoms with Crippen LogP contribution in [0.2, 0.25) is 0 Å². The predicted octanol–water partition coefficient (Wildman–Crippen LogP) is 2.48. The third kappa shape index (κ3) is 5.17. The van der Waals surface area contributed by atoms with Crippen LogP contribution in [0.5, 0.6) is 0 Å². The van der Waals surface area contributed by atoms with Gasteiger partial charge in [0.1, 0.15) is 17.2 Å². The van der Waals surface area contributed by atoms with Gasteiger partial charge in [0.2, 0.25) is 11.5 Å². The van der Waals surface area contributed by atoms with E-state index in [4.69, 9.17) is 26.1 Å². The van der Waals surface area contributed by atoms with E-state index in [2.05, 4.69) is 4.99 Å². The van der Waals surface area contributed by atoms with Crippen molar-refractivity contribution in [3.8, 4) is 0 Å². The molecule has 0 spiro atoms. The molecule has 1 aliphatic heterocycles. The number of hydrogen-bond acceptors (Lipinski definition) is 5. The number of ether oxygens (including phenoxy) is 1. The number of hydrogen-bond donors (Lipinski definition) is 3. The summed E-state index contributed by atoms with van der Waals surface area (Å²) in [7, 11) is 0. The Bertz CT molecular complexity index is 869. The van der Waals surface area contributed by atoms with Crippen LogP contribution >= 0.6 is 0 Å². The first kappa shape index (κ1) is 25.1. The molecule has 7 nitrogen and oxygen atoms in total. The molecule has 1 aliphatic rings. The highest BCUT2D eigenvalue weighted by Crippen LogP contribution is 2.41. The molecule has 1 aromatic rings. The summed E-state index contributed by atoms with van der Waals surface area (Å²) in [5.41, 5.74) is 6.20. The molecule has 0 bridgehead atoms. The number of carboxylic acids is 1. The number of carbonyl (C=O) groups is 2. The number of amides is 1. The number of primary amides is 1. The Hall–Kier alpha value is -2.90. The molecule has 30 heavy (non-hydrogen) atoms. The van der Waals surface area contributed by atoms with Gasteiger partial charge in [-0.2, -0.15) is 26.3 Å². The summed E-state index contributed by atoms with van der Waals surface area (Å²) in [5, 5.41) is 7.12. The Morgan fingerprint density at radius 1 is 1.17 bits per heavy atom. The number of amidine groups is 1. The number of aliphatic imine (C=N–C) groups is 1. The second-order valence-corrected chi connectivity index (χ2v) is 6.45. The van der Waals surface area contributed by atoms with Crippen LogP contribution in [0, 0.1) is 5.82 Å². The predicted molar refractivity (Wildman–Crippen MR) is 88.0 cm³/mol. The molecule has 14 heteroatoms. The molecule has 0 radical (unpaired) electrons. The van der Waals surface area contributed by atoms with Crippen LogP contribution in [-0.2, 0) is 15.1 Å². The van der Waals surface area contributed by atoms with Crippen LogP contribution in [0.3, 0.4) is 0 Å². The number of halogens is 7. The fourth-order valence-electron chi connectivity index (χ4n) is 2.22. The van der Waals surface area contributed by atoms with E-state index in [1.807, 2.05) is 0 Å². The summed E-state index contributed by atoms with van der Waals surface area (Å²) in [6.07, 6.45) is -9.85. The fourth-order valence-corrected chi connectivity index (χ4v) is 2.22. The fraction of sp³-hybridized carbons (Fsp3) is 0.438. The Kier molecular flexibility index (Phi) is 6.77. The summed E-state index contributed by atoms with van der Waals surface area (Å²) in [6, 6.07) is 3.29. The molecule has 2 atom stereocenters. The second-order valence-electron chi connectivity index (χ2n) is 6.45. The van der Waals surface area contributed by atoms with Crippen molar-refractivity contribution < 1.29 is 50.2 Å². The van der Waals surface area contributed by atoms with Crippen molar-refractivity contribution >= 4 is 17.7 Å². The highest BCUT2D eigenvalue weighted by Gasteiger charge is 2.59. The van der Waals surface area contributed by atoms with Crippen LogP contribution in [0.1, 0.15) is 29.8 Å². The molecule has 1 heterocycles. The van der Waals surface area contributed by atoms with E-state index in [0.717, 1.165) is 19.1 Å². The summed E-state index contributed by atoms with van der Waals surface area (Å²) < 4.78 is 89.9. The first-order valence-electron chi connectivity index (χ1n) is 7.81. The molecular formula is C16H16F7N3O4. The number of carbonyl (C=O) groups excluding carboxylic acids is 1. The Balaban J connectivity index is 0.000000553. The molecule has 0 fully saturated rings. The van der Waals surface area contributed by atoms with Crippen LogP contribution in [-0.4, -0.2) is 47.4 Å². The molecule has 0 unspecified atom stereocenters. The SMILES string of the molecule is C[C@@]1(c2cc(C(N)=O)ccc2F)CO[C@@](C)(C(F)(F)F)C(N)=N1.O=C(O)C(F)(F)F. The highest BCUT2D eigenvalue weighted by molar-refractivity contribution is 5.93. The maximum absolute atomic E-state index is 14.1. The number of nitrogens with two attached hydrogens (primary N) is 2. The van der Waals surface area contributed by atoms with Crippen LogP contribution < -0.4 is 11.5 Å². The monoisotopic (exact) mass is 447 g/mol. The maximum atomic E-state index is 14.1. The molecule has 168 valence electrons. The first-order chi connectivity index (χ1) is 13.3. The summed E-state index contributed by atoms with van der Waals surface area (Å²) >= 11 is 0. The number of alkyl halides is 6. The van der Waals surface area contributed by atoms with Gasteiger partial charge in [0, 0.05) is 11.1 Å². The summed E-state index contributed by atoms with van der Waals surface area (Å²) in [6.45, 7) is 1.55. The quantitative estimate of drug-likeness (QED) is 0.601. The van der Waals surface area contributed by atoms with Crippen molar-refractivity contribution in [3.05, 3.63) is 35.1 Å². The van der Waals surface area contributed by atoms with Crippen LogP contribution in [0.25, 0.3) is 0 Å². The van der Waals surface area contributed by atoms with Crippen LogP contribution in [0.15, 0.2) is 23.2 Å². The van der Waals surface area contributed by atoms with Gasteiger partial charge >= 0.3 is 18.3 Å². The number of carboxylic acid groups (broad SMARTS) is 1. The topological polar surface area (TPSA) is 128 Å². The van der Waals surface area contributed by atoms with Crippen molar-refractivity contribution in [2.45, 2.75) is 37.3 Å². The van der Waals surface area contributed by atoms with Gasteiger partial charge in [-0.3, -0.25) is 9.79 Å². The molecule has 5 N–H and O–H groups in total. The van der Waals surface area contributed by atoms with Crippen molar-refractivity contribution in [2.75, 3.05) is 6.61 Å². The van der Waals surface area contributed by atoms with Crippen molar-refractivity contribution in [1.82, 2.24) is 0 Å². The first-order valence-corrected chi connectivity index (χ1v) is 7.81. The van der Waals surface area contributed by atoms with Crippen molar-refractivity contribution in [2.24, 2.45) is 16.5 Å². The zero-order valence-corrected chi connectivity index (χ0v) is 15.4. The Morgan fingerprint density at radius 2 is 1.67 bits per heavy atom. The van der Waals surface area contributed by atoms with E-state index in [9.17, 15) is 35.5 Å². The molecule has 0 aromatic heterocycles. The van der Waals surface area contributed by atoms with Gasteiger partial charge < -0.3 is 21.3 Å². The minimum Gasteiger partial charge on any atom is -0.475 e. The van der Waals surface area contributed by atoms with Gasteiger partial charge in [0.15, 0.2) is 0 Å². The molecule has 0 saturated carbocycles. The van der Waals surface area contributed by atoms with Gasteiger partial charge in [-0.1, -0.05) is 0 Å². The van der Waals surface area contributed by atoms with E-state index in [1.54, 1.807) is 0 Å². The van der Waals surface area contributed by atoms with E-state index in [0.29, 0.717) is 0 Å². The molecule has 0 aliphatic carbocycles. The summed E-state index contributed by atoms with van der Waals surface area (Å²) in [5.74, 6) is -5.13. The van der Waals surface area contributed by atoms with E-state index in [-0.39, 0.29) is 11.1 Å². The lowest BCUT2D eigenvalue weighted by Gasteiger charge is -2.41. The van der Waals surface area contributed by atoms with Gasteiger partial charge in [-0.05, 0) is 32.0 Å². The normalized spacial score (nSPS) is 24.4. The van der Waals surface area contributed by atoms with E-state index >= 15 is 0 Å². The average Bonchev–Trinajstić information content (AvgIpc) is 2.57. The lowest BCUT2D eigenvalue weighted by molar-refractivity contribution is -0.249. The third-order valence-electron chi connectivity index (χ3n) is 4.11. The lowest BCUT2D eigenvalue weighted by atomic mass is 9.88. The number of benzene rings is 1. The molecule has 0 saturated heterocycles. The summed E-state index contributed by atoms with van der Waals surface area (Å²) in [4.78, 5) is 23.9. The molecule has 1 amide bonds. The van der Waals surface area contributed by atoms with Crippen molar-refractivity contribution in [1.29, 1.82) is 0 Å². The number of rotatable bonds is 2. The number of aliphatic carboxylic acids is 1. The van der Waals surface area contributed by atoms with Gasteiger partial charge in [-0.25, -0.2) is 9.18 Å². The largest absolute Gasteiger partial charge is 0.490 e.